The van der Waals surface area contributed by atoms with Crippen molar-refractivity contribution in [1.29, 1.82) is 0 Å². The highest BCUT2D eigenvalue weighted by molar-refractivity contribution is 5.92. The van der Waals surface area contributed by atoms with Crippen molar-refractivity contribution in [3.05, 3.63) is 47.9 Å². The van der Waals surface area contributed by atoms with Gasteiger partial charge in [0, 0.05) is 71.2 Å². The number of carbonyl (C=O) groups excluding carboxylic acids is 1. The molecule has 198 valence electrons. The van der Waals surface area contributed by atoms with E-state index in [1.807, 2.05) is 0 Å². The first kappa shape index (κ1) is 26.5. The maximum absolute atomic E-state index is 13.2. The molecule has 0 aliphatic carbocycles. The first-order chi connectivity index (χ1) is 17.4. The summed E-state index contributed by atoms with van der Waals surface area (Å²) in [4.78, 5) is 25.8. The van der Waals surface area contributed by atoms with E-state index in [0.717, 1.165) is 31.9 Å². The number of amides is 1. The van der Waals surface area contributed by atoms with E-state index < -0.39 is 6.10 Å². The maximum atomic E-state index is 13.2. The molecular weight excluding hydrogens is 465 g/mol. The Morgan fingerprint density at radius 1 is 1.03 bits per heavy atom. The molecule has 1 aromatic heterocycles. The van der Waals surface area contributed by atoms with Crippen LogP contribution in [-0.2, 0) is 11.3 Å². The molecule has 2 aliphatic rings. The van der Waals surface area contributed by atoms with Gasteiger partial charge in [0.25, 0.3) is 5.91 Å². The number of hydrogen-bond donors (Lipinski definition) is 1. The molecule has 36 heavy (non-hydrogen) atoms. The molecule has 9 nitrogen and oxygen atoms in total. The topological polar surface area (TPSA) is 85.5 Å². The summed E-state index contributed by atoms with van der Waals surface area (Å²) in [5, 5.41) is 10.2. The molecule has 2 aromatic rings. The second kappa shape index (κ2) is 12.6. The number of aliphatic hydroxyl groups is 1. The van der Waals surface area contributed by atoms with E-state index in [0.29, 0.717) is 70.0 Å². The third-order valence-electron chi connectivity index (χ3n) is 6.58. The normalized spacial score (nSPS) is 18.7. The van der Waals surface area contributed by atoms with Crippen LogP contribution >= 0.6 is 0 Å². The van der Waals surface area contributed by atoms with Gasteiger partial charge in [-0.2, -0.15) is 0 Å². The Balaban J connectivity index is 1.18. The number of anilines is 1. The van der Waals surface area contributed by atoms with Crippen LogP contribution in [0.1, 0.15) is 30.2 Å². The Morgan fingerprint density at radius 2 is 1.69 bits per heavy atom. The van der Waals surface area contributed by atoms with Gasteiger partial charge in [-0.15, -0.1) is 0 Å². The predicted octanol–water partition coefficient (Wildman–Crippen LogP) is 1.93. The number of piperazine rings is 2. The van der Waals surface area contributed by atoms with Crippen LogP contribution in [0.15, 0.2) is 34.9 Å². The molecule has 2 aliphatic heterocycles. The van der Waals surface area contributed by atoms with Gasteiger partial charge in [-0.3, -0.25) is 14.6 Å². The second-order valence-electron chi connectivity index (χ2n) is 10.0. The minimum atomic E-state index is -0.479. The summed E-state index contributed by atoms with van der Waals surface area (Å²) in [5.74, 6) is 0.628. The van der Waals surface area contributed by atoms with Crippen LogP contribution in [0.5, 0.6) is 0 Å². The molecule has 10 heteroatoms. The average molecular weight is 504 g/mol. The molecule has 4 rings (SSSR count). The highest BCUT2D eigenvalue weighted by Crippen LogP contribution is 2.18. The summed E-state index contributed by atoms with van der Waals surface area (Å²) < 4.78 is 24.3. The van der Waals surface area contributed by atoms with Gasteiger partial charge in [-0.1, -0.05) is 13.8 Å². The Labute approximate surface area is 212 Å². The smallest absolute Gasteiger partial charge is 0.275 e. The van der Waals surface area contributed by atoms with Crippen molar-refractivity contribution in [2.24, 2.45) is 5.92 Å². The summed E-state index contributed by atoms with van der Waals surface area (Å²) in [6.45, 7) is 12.3. The lowest BCUT2D eigenvalue weighted by Crippen LogP contribution is -2.49. The summed E-state index contributed by atoms with van der Waals surface area (Å²) >= 11 is 0. The summed E-state index contributed by atoms with van der Waals surface area (Å²) in [6.07, 6.45) is 0.974. The van der Waals surface area contributed by atoms with Gasteiger partial charge in [-0.05, 0) is 30.2 Å². The van der Waals surface area contributed by atoms with Gasteiger partial charge in [-0.25, -0.2) is 9.37 Å². The highest BCUT2D eigenvalue weighted by Gasteiger charge is 2.26. The number of aromatic nitrogens is 1. The average Bonchev–Trinajstić information content (AvgIpc) is 3.33. The van der Waals surface area contributed by atoms with Crippen molar-refractivity contribution in [2.45, 2.75) is 26.5 Å². The van der Waals surface area contributed by atoms with Gasteiger partial charge in [0.05, 0.1) is 19.3 Å². The summed E-state index contributed by atoms with van der Waals surface area (Å²) in [5.41, 5.74) is 1.30. The molecule has 1 aromatic carbocycles. The molecule has 2 saturated heterocycles. The van der Waals surface area contributed by atoms with E-state index >= 15 is 0 Å². The lowest BCUT2D eigenvalue weighted by Gasteiger charge is -2.35. The van der Waals surface area contributed by atoms with Crippen molar-refractivity contribution in [1.82, 2.24) is 19.7 Å². The minimum Gasteiger partial charge on any atom is -0.447 e. The van der Waals surface area contributed by atoms with Crippen molar-refractivity contribution in [3.63, 3.8) is 0 Å². The number of hydrogen-bond acceptors (Lipinski definition) is 8. The van der Waals surface area contributed by atoms with E-state index in [2.05, 4.69) is 33.5 Å². The van der Waals surface area contributed by atoms with Crippen LogP contribution in [0.25, 0.3) is 0 Å². The van der Waals surface area contributed by atoms with Crippen LogP contribution in [0.4, 0.5) is 10.1 Å². The number of oxazole rings is 1. The Morgan fingerprint density at radius 3 is 2.36 bits per heavy atom. The van der Waals surface area contributed by atoms with Gasteiger partial charge in [0.15, 0.2) is 5.69 Å². The third kappa shape index (κ3) is 7.49. The van der Waals surface area contributed by atoms with Gasteiger partial charge >= 0.3 is 0 Å². The number of nitrogens with zero attached hydrogens (tertiary/aromatic N) is 5. The molecule has 2 fully saturated rings. The summed E-state index contributed by atoms with van der Waals surface area (Å²) in [6, 6.07) is 6.44. The summed E-state index contributed by atoms with van der Waals surface area (Å²) in [7, 11) is 0. The minimum absolute atomic E-state index is 0.123. The van der Waals surface area contributed by atoms with Crippen LogP contribution in [-0.4, -0.2) is 109 Å². The Hall–Kier alpha value is -2.53. The molecule has 3 heterocycles. The number of aliphatic hydroxyl groups excluding tert-OH is 1. The lowest BCUT2D eigenvalue weighted by molar-refractivity contribution is -0.000850. The number of carbonyl (C=O) groups is 1. The van der Waals surface area contributed by atoms with Crippen LogP contribution in [0.2, 0.25) is 0 Å². The van der Waals surface area contributed by atoms with Crippen molar-refractivity contribution < 1.29 is 23.4 Å². The monoisotopic (exact) mass is 503 g/mol. The van der Waals surface area contributed by atoms with E-state index in [1.54, 1.807) is 17.0 Å². The van der Waals surface area contributed by atoms with Crippen LogP contribution < -0.4 is 4.90 Å². The van der Waals surface area contributed by atoms with Gasteiger partial charge in [0.2, 0.25) is 5.89 Å². The van der Waals surface area contributed by atoms with Crippen LogP contribution in [0.3, 0.4) is 0 Å². The standard InChI is InChI=1S/C26H38FN5O4/c1-20(2)17-35-18-23(33)15-29-7-9-30(10-8-29)16-25-28-24(19-36-25)26(34)32-13-11-31(12-14-32)22-5-3-21(27)4-6-22/h3-6,19-20,23,33H,7-18H2,1-2H3/t23-/m1/s1. The number of halogens is 1. The fourth-order valence-corrected chi connectivity index (χ4v) is 4.58. The number of β-amino-alcohol motifs (C(OH)–C–C–N with tert-alkyl or cyclic N) is 1. The van der Waals surface area contributed by atoms with Crippen molar-refractivity contribution >= 4 is 11.6 Å². The first-order valence-corrected chi connectivity index (χ1v) is 12.8. The van der Waals surface area contributed by atoms with Crippen molar-refractivity contribution in [2.75, 3.05) is 77.0 Å². The number of benzene rings is 1. The zero-order valence-electron chi connectivity index (χ0n) is 21.3. The van der Waals surface area contributed by atoms with Gasteiger partial charge in [0.1, 0.15) is 12.1 Å². The molecule has 0 spiro atoms. The fraction of sp³-hybridized carbons (Fsp3) is 0.615. The van der Waals surface area contributed by atoms with Crippen molar-refractivity contribution in [3.8, 4) is 0 Å². The first-order valence-electron chi connectivity index (χ1n) is 12.8. The molecule has 0 bridgehead atoms. The second-order valence-corrected chi connectivity index (χ2v) is 10.0. The SMILES string of the molecule is CC(C)COC[C@H](O)CN1CCN(Cc2nc(C(=O)N3CCN(c4ccc(F)cc4)CC3)co2)CC1. The zero-order valence-corrected chi connectivity index (χ0v) is 21.3. The Kier molecular flexibility index (Phi) is 9.30. The number of rotatable bonds is 10. The van der Waals surface area contributed by atoms with Crippen LogP contribution in [0, 0.1) is 11.7 Å². The quantitative estimate of drug-likeness (QED) is 0.527. The Bertz CT molecular complexity index is 953. The predicted molar refractivity (Wildman–Crippen MR) is 134 cm³/mol. The largest absolute Gasteiger partial charge is 0.447 e. The molecule has 0 saturated carbocycles. The van der Waals surface area contributed by atoms with E-state index in [4.69, 9.17) is 9.15 Å². The molecular formula is C26H38FN5O4. The molecule has 1 N–H and O–H groups in total. The fourth-order valence-electron chi connectivity index (χ4n) is 4.58. The molecule has 1 atom stereocenters. The molecule has 0 unspecified atom stereocenters. The maximum Gasteiger partial charge on any atom is 0.275 e. The van der Waals surface area contributed by atoms with E-state index in [1.165, 1.54) is 18.4 Å². The highest BCUT2D eigenvalue weighted by atomic mass is 19.1. The van der Waals surface area contributed by atoms with E-state index in [-0.39, 0.29) is 11.7 Å². The lowest BCUT2D eigenvalue weighted by atomic mass is 10.2. The molecule has 1 amide bonds. The number of ether oxygens (including phenoxy) is 1. The van der Waals surface area contributed by atoms with E-state index in [9.17, 15) is 14.3 Å². The third-order valence-corrected chi connectivity index (χ3v) is 6.58. The zero-order chi connectivity index (χ0) is 25.5. The molecule has 0 radical (unpaired) electrons. The van der Waals surface area contributed by atoms with Gasteiger partial charge < -0.3 is 24.1 Å².